The van der Waals surface area contributed by atoms with Gasteiger partial charge in [0.1, 0.15) is 21.3 Å². The standard InChI is InChI=1S/C15H17ClN2OS/c1-10-6-5-7-11-8-12(14(16)18-13(10)11)9-17-20(19)15(2,3)4/h5-9H,1-4H3. The second-order valence-electron chi connectivity index (χ2n) is 5.61. The normalized spacial score (nSPS) is 14.1. The van der Waals surface area contributed by atoms with Crippen LogP contribution in [0.1, 0.15) is 31.9 Å². The van der Waals surface area contributed by atoms with E-state index in [1.807, 2.05) is 52.0 Å². The number of rotatable bonds is 2. The number of halogens is 1. The van der Waals surface area contributed by atoms with E-state index in [-0.39, 0.29) is 4.75 Å². The highest BCUT2D eigenvalue weighted by Crippen LogP contribution is 2.23. The monoisotopic (exact) mass is 308 g/mol. The number of para-hydroxylation sites is 1. The summed E-state index contributed by atoms with van der Waals surface area (Å²) in [6.07, 6.45) is 1.54. The molecule has 1 aromatic heterocycles. The lowest BCUT2D eigenvalue weighted by molar-refractivity contribution is 0.562. The Labute approximate surface area is 127 Å². The summed E-state index contributed by atoms with van der Waals surface area (Å²) in [6, 6.07) is 7.86. The number of fused-ring (bicyclic) bond motifs is 1. The van der Waals surface area contributed by atoms with Crippen LogP contribution >= 0.6 is 11.6 Å². The van der Waals surface area contributed by atoms with Crippen LogP contribution in [0.5, 0.6) is 0 Å². The minimum Gasteiger partial charge on any atom is -0.591 e. The molecule has 1 aromatic carbocycles. The molecular formula is C15H17ClN2OS. The van der Waals surface area contributed by atoms with Gasteiger partial charge in [-0.2, -0.15) is 0 Å². The van der Waals surface area contributed by atoms with E-state index in [2.05, 4.69) is 9.38 Å². The molecule has 3 nitrogen and oxygen atoms in total. The van der Waals surface area contributed by atoms with E-state index in [1.165, 1.54) is 0 Å². The highest BCUT2D eigenvalue weighted by Gasteiger charge is 2.25. The molecule has 0 spiro atoms. The van der Waals surface area contributed by atoms with Gasteiger partial charge in [-0.05, 0) is 39.3 Å². The average Bonchev–Trinajstić information content (AvgIpc) is 2.36. The molecule has 106 valence electrons. The Morgan fingerprint density at radius 1 is 1.35 bits per heavy atom. The molecule has 0 saturated carbocycles. The number of pyridine rings is 1. The second-order valence-corrected chi connectivity index (χ2v) is 7.90. The van der Waals surface area contributed by atoms with Crippen molar-refractivity contribution in [2.45, 2.75) is 32.4 Å². The van der Waals surface area contributed by atoms with E-state index < -0.39 is 11.4 Å². The largest absolute Gasteiger partial charge is 0.591 e. The molecule has 1 atom stereocenters. The fourth-order valence-corrected chi connectivity index (χ4v) is 2.41. The van der Waals surface area contributed by atoms with Crippen LogP contribution in [0.3, 0.4) is 0 Å². The molecule has 5 heteroatoms. The fourth-order valence-electron chi connectivity index (χ4n) is 1.69. The molecule has 1 heterocycles. The fraction of sp³-hybridized carbons (Fsp3) is 0.333. The molecular weight excluding hydrogens is 292 g/mol. The maximum Gasteiger partial charge on any atom is 0.144 e. The zero-order valence-electron chi connectivity index (χ0n) is 12.0. The van der Waals surface area contributed by atoms with E-state index in [0.717, 1.165) is 16.5 Å². The number of hydrogen-bond acceptors (Lipinski definition) is 3. The number of aryl methyl sites for hydroxylation is 1. The van der Waals surface area contributed by atoms with Crippen LogP contribution in [0.2, 0.25) is 5.15 Å². The van der Waals surface area contributed by atoms with E-state index in [9.17, 15) is 4.55 Å². The maximum atomic E-state index is 11.9. The van der Waals surface area contributed by atoms with Crippen LogP contribution in [0.25, 0.3) is 10.9 Å². The third-order valence-corrected chi connectivity index (χ3v) is 4.49. The van der Waals surface area contributed by atoms with Crippen molar-refractivity contribution in [2.75, 3.05) is 0 Å². The number of benzene rings is 1. The van der Waals surface area contributed by atoms with Gasteiger partial charge in [-0.1, -0.05) is 34.2 Å². The first-order valence-electron chi connectivity index (χ1n) is 6.31. The Morgan fingerprint density at radius 3 is 2.70 bits per heavy atom. The van der Waals surface area contributed by atoms with Gasteiger partial charge in [0.15, 0.2) is 0 Å². The summed E-state index contributed by atoms with van der Waals surface area (Å²) in [6.45, 7) is 7.63. The zero-order valence-corrected chi connectivity index (χ0v) is 13.5. The van der Waals surface area contributed by atoms with Gasteiger partial charge in [-0.3, -0.25) is 0 Å². The molecule has 0 fully saturated rings. The molecule has 2 rings (SSSR count). The Morgan fingerprint density at radius 2 is 2.05 bits per heavy atom. The summed E-state index contributed by atoms with van der Waals surface area (Å²) in [5.74, 6) is 0. The van der Waals surface area contributed by atoms with Crippen LogP contribution in [-0.4, -0.2) is 20.5 Å². The minimum absolute atomic E-state index is 0.376. The van der Waals surface area contributed by atoms with Crippen molar-refractivity contribution in [3.8, 4) is 0 Å². The van der Waals surface area contributed by atoms with Crippen LogP contribution in [-0.2, 0) is 11.4 Å². The Bertz CT molecular complexity index is 665. The highest BCUT2D eigenvalue weighted by molar-refractivity contribution is 7.91. The van der Waals surface area contributed by atoms with Crippen molar-refractivity contribution >= 4 is 40.1 Å². The minimum atomic E-state index is -1.30. The smallest absolute Gasteiger partial charge is 0.144 e. The van der Waals surface area contributed by atoms with Gasteiger partial charge in [-0.15, -0.1) is 0 Å². The molecule has 0 radical (unpaired) electrons. The van der Waals surface area contributed by atoms with Crippen molar-refractivity contribution in [3.63, 3.8) is 0 Å². The van der Waals surface area contributed by atoms with E-state index in [1.54, 1.807) is 6.21 Å². The molecule has 20 heavy (non-hydrogen) atoms. The molecule has 0 aliphatic rings. The molecule has 0 amide bonds. The van der Waals surface area contributed by atoms with E-state index in [0.29, 0.717) is 10.7 Å². The summed E-state index contributed by atoms with van der Waals surface area (Å²) in [5.41, 5.74) is 2.64. The zero-order chi connectivity index (χ0) is 14.9. The van der Waals surface area contributed by atoms with Gasteiger partial charge in [0.05, 0.1) is 11.7 Å². The quantitative estimate of drug-likeness (QED) is 0.477. The second kappa shape index (κ2) is 5.72. The molecule has 0 N–H and O–H groups in total. The topological polar surface area (TPSA) is 48.3 Å². The Hall–Kier alpha value is -1.10. The molecule has 0 saturated heterocycles. The maximum absolute atomic E-state index is 11.9. The lowest BCUT2D eigenvalue weighted by Crippen LogP contribution is -2.25. The Kier molecular flexibility index (Phi) is 4.37. The summed E-state index contributed by atoms with van der Waals surface area (Å²) in [4.78, 5) is 4.39. The number of nitrogens with zero attached hydrogens (tertiary/aromatic N) is 2. The van der Waals surface area contributed by atoms with Crippen molar-refractivity contribution in [3.05, 3.63) is 40.5 Å². The molecule has 2 aromatic rings. The molecule has 1 unspecified atom stereocenters. The predicted octanol–water partition coefficient (Wildman–Crippen LogP) is 4.08. The average molecular weight is 309 g/mol. The van der Waals surface area contributed by atoms with Crippen molar-refractivity contribution in [1.29, 1.82) is 0 Å². The molecule has 0 aliphatic carbocycles. The third-order valence-electron chi connectivity index (χ3n) is 2.84. The van der Waals surface area contributed by atoms with Crippen LogP contribution < -0.4 is 0 Å². The molecule has 0 bridgehead atoms. The molecule has 0 aliphatic heterocycles. The SMILES string of the molecule is Cc1cccc2cc(C=N[S+]([O-])C(C)(C)C)c(Cl)nc12. The van der Waals surface area contributed by atoms with Crippen LogP contribution in [0, 0.1) is 6.92 Å². The summed E-state index contributed by atoms with van der Waals surface area (Å²) < 4.78 is 15.6. The summed E-state index contributed by atoms with van der Waals surface area (Å²) in [7, 11) is 0. The van der Waals surface area contributed by atoms with Crippen molar-refractivity contribution in [2.24, 2.45) is 4.40 Å². The van der Waals surface area contributed by atoms with Crippen LogP contribution in [0.4, 0.5) is 0 Å². The lowest BCUT2D eigenvalue weighted by Gasteiger charge is -2.17. The third kappa shape index (κ3) is 3.32. The predicted molar refractivity (Wildman–Crippen MR) is 87.0 cm³/mol. The van der Waals surface area contributed by atoms with Crippen molar-refractivity contribution < 1.29 is 4.55 Å². The van der Waals surface area contributed by atoms with Gasteiger partial charge in [0, 0.05) is 10.9 Å². The van der Waals surface area contributed by atoms with Crippen LogP contribution in [0.15, 0.2) is 28.7 Å². The van der Waals surface area contributed by atoms with Gasteiger partial charge >= 0.3 is 0 Å². The van der Waals surface area contributed by atoms with Gasteiger partial charge < -0.3 is 4.55 Å². The first-order valence-corrected chi connectivity index (χ1v) is 7.79. The van der Waals surface area contributed by atoms with Gasteiger partial charge in [-0.25, -0.2) is 4.98 Å². The van der Waals surface area contributed by atoms with Crippen molar-refractivity contribution in [1.82, 2.24) is 4.98 Å². The highest BCUT2D eigenvalue weighted by atomic mass is 35.5. The van der Waals surface area contributed by atoms with E-state index in [4.69, 9.17) is 11.6 Å². The summed E-state index contributed by atoms with van der Waals surface area (Å²) in [5, 5.41) is 1.37. The van der Waals surface area contributed by atoms with Gasteiger partial charge in [0.2, 0.25) is 0 Å². The summed E-state index contributed by atoms with van der Waals surface area (Å²) >= 11 is 4.87. The number of hydrogen-bond donors (Lipinski definition) is 0. The first kappa shape index (κ1) is 15.3. The Balaban J connectivity index is 2.41. The first-order chi connectivity index (χ1) is 9.29. The number of aromatic nitrogens is 1. The lowest BCUT2D eigenvalue weighted by atomic mass is 10.1. The van der Waals surface area contributed by atoms with Gasteiger partial charge in [0.25, 0.3) is 0 Å². The van der Waals surface area contributed by atoms with E-state index >= 15 is 0 Å².